The largest absolute Gasteiger partial charge is 0.385 e. The number of benzene rings is 2. The van der Waals surface area contributed by atoms with Crippen molar-refractivity contribution in [2.75, 3.05) is 17.2 Å². The monoisotopic (exact) mass is 328 g/mol. The molecule has 5 nitrogen and oxygen atoms in total. The van der Waals surface area contributed by atoms with E-state index in [-0.39, 0.29) is 5.91 Å². The number of hydrogen-bond donors (Lipinski definition) is 4. The van der Waals surface area contributed by atoms with E-state index in [0.717, 1.165) is 11.4 Å². The number of hydrazine groups is 1. The highest BCUT2D eigenvalue weighted by molar-refractivity contribution is 7.80. The van der Waals surface area contributed by atoms with Crippen LogP contribution in [0, 0.1) is 6.92 Å². The second kappa shape index (κ2) is 8.75. The molecule has 0 bridgehead atoms. The summed E-state index contributed by atoms with van der Waals surface area (Å²) < 4.78 is 0. The van der Waals surface area contributed by atoms with Crippen LogP contribution in [0.4, 0.5) is 11.4 Å². The predicted molar refractivity (Wildman–Crippen MR) is 98.2 cm³/mol. The molecule has 0 saturated carbocycles. The highest BCUT2D eigenvalue weighted by atomic mass is 32.1. The first kappa shape index (κ1) is 16.8. The third-order valence-electron chi connectivity index (χ3n) is 3.08. The van der Waals surface area contributed by atoms with Gasteiger partial charge in [-0.05, 0) is 43.4 Å². The summed E-state index contributed by atoms with van der Waals surface area (Å²) in [7, 11) is 0. The Balaban J connectivity index is 1.63. The van der Waals surface area contributed by atoms with Crippen molar-refractivity contribution in [3.63, 3.8) is 0 Å². The maximum Gasteiger partial charge on any atom is 0.240 e. The number of carbonyl (C=O) groups excluding carboxylic acids is 1. The summed E-state index contributed by atoms with van der Waals surface area (Å²) >= 11 is 5.10. The molecule has 0 saturated heterocycles. The lowest BCUT2D eigenvalue weighted by molar-refractivity contribution is -0.121. The molecule has 120 valence electrons. The lowest BCUT2D eigenvalue weighted by Gasteiger charge is -2.12. The summed E-state index contributed by atoms with van der Waals surface area (Å²) in [5.74, 6) is -0.137. The average Bonchev–Trinajstić information content (AvgIpc) is 2.56. The van der Waals surface area contributed by atoms with E-state index in [0.29, 0.717) is 18.1 Å². The molecule has 0 fully saturated rings. The molecule has 0 aromatic heterocycles. The third kappa shape index (κ3) is 6.36. The van der Waals surface area contributed by atoms with Gasteiger partial charge in [-0.15, -0.1) is 0 Å². The fourth-order valence-corrected chi connectivity index (χ4v) is 2.03. The Morgan fingerprint density at radius 3 is 2.35 bits per heavy atom. The molecule has 0 heterocycles. The van der Waals surface area contributed by atoms with Crippen molar-refractivity contribution in [3.8, 4) is 0 Å². The zero-order valence-electron chi connectivity index (χ0n) is 12.9. The van der Waals surface area contributed by atoms with E-state index in [9.17, 15) is 4.79 Å². The van der Waals surface area contributed by atoms with Crippen LogP contribution in [0.15, 0.2) is 54.6 Å². The van der Waals surface area contributed by atoms with Crippen LogP contribution in [0.2, 0.25) is 0 Å². The third-order valence-corrected chi connectivity index (χ3v) is 3.28. The van der Waals surface area contributed by atoms with Crippen LogP contribution in [0.25, 0.3) is 0 Å². The molecule has 4 N–H and O–H groups in total. The van der Waals surface area contributed by atoms with E-state index in [2.05, 4.69) is 21.5 Å². The SMILES string of the molecule is Cc1ccc(NCCC(=O)NNC(=S)Nc2ccccc2)cc1. The van der Waals surface area contributed by atoms with Gasteiger partial charge in [0.05, 0.1) is 0 Å². The second-order valence-electron chi connectivity index (χ2n) is 5.04. The van der Waals surface area contributed by atoms with Gasteiger partial charge in [0.25, 0.3) is 0 Å². The molecule has 0 spiro atoms. The van der Waals surface area contributed by atoms with Gasteiger partial charge in [0, 0.05) is 24.3 Å². The van der Waals surface area contributed by atoms with Gasteiger partial charge in [0.15, 0.2) is 5.11 Å². The number of hydrogen-bond acceptors (Lipinski definition) is 3. The van der Waals surface area contributed by atoms with Crippen molar-refractivity contribution in [2.45, 2.75) is 13.3 Å². The Kier molecular flexibility index (Phi) is 6.38. The molecule has 0 radical (unpaired) electrons. The Bertz CT molecular complexity index is 643. The number of carbonyl (C=O) groups is 1. The summed E-state index contributed by atoms with van der Waals surface area (Å²) in [6.45, 7) is 2.59. The molecule has 0 atom stereocenters. The van der Waals surface area contributed by atoms with Crippen molar-refractivity contribution >= 4 is 34.6 Å². The lowest BCUT2D eigenvalue weighted by Crippen LogP contribution is -2.44. The van der Waals surface area contributed by atoms with Crippen LogP contribution in [-0.4, -0.2) is 17.6 Å². The molecule has 23 heavy (non-hydrogen) atoms. The minimum atomic E-state index is -0.137. The van der Waals surface area contributed by atoms with Gasteiger partial charge < -0.3 is 10.6 Å². The number of thiocarbonyl (C=S) groups is 1. The number of para-hydroxylation sites is 1. The summed E-state index contributed by atoms with van der Waals surface area (Å²) in [4.78, 5) is 11.7. The standard InChI is InChI=1S/C17H20N4OS/c1-13-7-9-14(10-8-13)18-12-11-16(22)20-21-17(23)19-15-5-3-2-4-6-15/h2-10,18H,11-12H2,1H3,(H,20,22)(H2,19,21,23). The molecule has 2 aromatic rings. The zero-order chi connectivity index (χ0) is 16.5. The second-order valence-corrected chi connectivity index (χ2v) is 5.44. The van der Waals surface area contributed by atoms with Crippen molar-refractivity contribution in [3.05, 3.63) is 60.2 Å². The van der Waals surface area contributed by atoms with Gasteiger partial charge >= 0.3 is 0 Å². The fourth-order valence-electron chi connectivity index (χ4n) is 1.86. The Morgan fingerprint density at radius 1 is 0.957 bits per heavy atom. The Morgan fingerprint density at radius 2 is 1.65 bits per heavy atom. The fraction of sp³-hybridized carbons (Fsp3) is 0.176. The maximum absolute atomic E-state index is 11.7. The first-order valence-corrected chi connectivity index (χ1v) is 7.76. The highest BCUT2D eigenvalue weighted by Gasteiger charge is 2.02. The van der Waals surface area contributed by atoms with Gasteiger partial charge in [0.1, 0.15) is 0 Å². The van der Waals surface area contributed by atoms with Crippen molar-refractivity contribution < 1.29 is 4.79 Å². The van der Waals surface area contributed by atoms with Crippen LogP contribution < -0.4 is 21.5 Å². The lowest BCUT2D eigenvalue weighted by atomic mass is 10.2. The topological polar surface area (TPSA) is 65.2 Å². The average molecular weight is 328 g/mol. The predicted octanol–water partition coefficient (Wildman–Crippen LogP) is 2.81. The Labute approximate surface area is 141 Å². The molecular formula is C17H20N4OS. The van der Waals surface area contributed by atoms with E-state index in [4.69, 9.17) is 12.2 Å². The van der Waals surface area contributed by atoms with E-state index in [1.807, 2.05) is 61.5 Å². The number of aryl methyl sites for hydroxylation is 1. The van der Waals surface area contributed by atoms with Gasteiger partial charge in [-0.1, -0.05) is 35.9 Å². The van der Waals surface area contributed by atoms with Crippen molar-refractivity contribution in [2.24, 2.45) is 0 Å². The minimum Gasteiger partial charge on any atom is -0.385 e. The molecule has 0 aliphatic rings. The number of anilines is 2. The first-order valence-electron chi connectivity index (χ1n) is 7.35. The summed E-state index contributed by atoms with van der Waals surface area (Å²) in [6, 6.07) is 17.5. The van der Waals surface area contributed by atoms with Crippen LogP contribution in [-0.2, 0) is 4.79 Å². The molecule has 6 heteroatoms. The molecule has 2 rings (SSSR count). The van der Waals surface area contributed by atoms with Crippen LogP contribution >= 0.6 is 12.2 Å². The Hall–Kier alpha value is -2.60. The quantitative estimate of drug-likeness (QED) is 0.502. The molecule has 0 aliphatic heterocycles. The normalized spacial score (nSPS) is 9.78. The van der Waals surface area contributed by atoms with Crippen molar-refractivity contribution in [1.29, 1.82) is 0 Å². The highest BCUT2D eigenvalue weighted by Crippen LogP contribution is 2.08. The number of nitrogens with one attached hydrogen (secondary N) is 4. The minimum absolute atomic E-state index is 0.137. The van der Waals surface area contributed by atoms with E-state index < -0.39 is 0 Å². The van der Waals surface area contributed by atoms with Gasteiger partial charge in [-0.3, -0.25) is 15.6 Å². The van der Waals surface area contributed by atoms with Crippen LogP contribution in [0.1, 0.15) is 12.0 Å². The molecule has 0 aliphatic carbocycles. The smallest absolute Gasteiger partial charge is 0.240 e. The number of amides is 1. The van der Waals surface area contributed by atoms with E-state index >= 15 is 0 Å². The number of rotatable bonds is 5. The van der Waals surface area contributed by atoms with Crippen LogP contribution in [0.3, 0.4) is 0 Å². The summed E-state index contributed by atoms with van der Waals surface area (Å²) in [6.07, 6.45) is 0.342. The van der Waals surface area contributed by atoms with Gasteiger partial charge in [0.2, 0.25) is 5.91 Å². The van der Waals surface area contributed by atoms with Gasteiger partial charge in [-0.2, -0.15) is 0 Å². The summed E-state index contributed by atoms with van der Waals surface area (Å²) in [5, 5.41) is 6.51. The first-order chi connectivity index (χ1) is 11.1. The molecule has 0 unspecified atom stereocenters. The summed E-state index contributed by atoms with van der Waals surface area (Å²) in [5.41, 5.74) is 8.31. The van der Waals surface area contributed by atoms with Crippen LogP contribution in [0.5, 0.6) is 0 Å². The van der Waals surface area contributed by atoms with Crippen molar-refractivity contribution in [1.82, 2.24) is 10.9 Å². The van der Waals surface area contributed by atoms with E-state index in [1.165, 1.54) is 5.56 Å². The van der Waals surface area contributed by atoms with Gasteiger partial charge in [-0.25, -0.2) is 0 Å². The van der Waals surface area contributed by atoms with E-state index in [1.54, 1.807) is 0 Å². The molecule has 2 aromatic carbocycles. The molecular weight excluding hydrogens is 308 g/mol. The maximum atomic E-state index is 11.7. The zero-order valence-corrected chi connectivity index (χ0v) is 13.7. The molecule has 1 amide bonds.